The lowest BCUT2D eigenvalue weighted by Crippen LogP contribution is -2.27. The Morgan fingerprint density at radius 3 is 2.43 bits per heavy atom. The van der Waals surface area contributed by atoms with Gasteiger partial charge in [-0.3, -0.25) is 4.79 Å². The summed E-state index contributed by atoms with van der Waals surface area (Å²) >= 11 is 1.69. The molecule has 1 aromatic carbocycles. The van der Waals surface area contributed by atoms with E-state index in [2.05, 4.69) is 39.0 Å². The number of carbonyl (C=O) groups excluding carboxylic acids is 1. The third-order valence-electron chi connectivity index (χ3n) is 4.33. The fourth-order valence-electron chi connectivity index (χ4n) is 3.25. The zero-order valence-corrected chi connectivity index (χ0v) is 15.3. The first kappa shape index (κ1) is 18.0. The molecule has 0 bridgehead atoms. The summed E-state index contributed by atoms with van der Waals surface area (Å²) < 4.78 is 7.07. The number of thiophene rings is 1. The number of hydrogen-bond acceptors (Lipinski definition) is 3. The van der Waals surface area contributed by atoms with E-state index in [0.717, 1.165) is 37.0 Å². The summed E-state index contributed by atoms with van der Waals surface area (Å²) in [6.45, 7) is 6.53. The van der Waals surface area contributed by atoms with Gasteiger partial charge in [-0.25, -0.2) is 0 Å². The van der Waals surface area contributed by atoms with E-state index < -0.39 is 0 Å². The smallest absolute Gasteiger partial charge is 0.311 e. The second-order valence-corrected chi connectivity index (χ2v) is 7.37. The Labute approximate surface area is 143 Å². The van der Waals surface area contributed by atoms with Crippen molar-refractivity contribution in [1.82, 2.24) is 0 Å². The average molecular weight is 333 g/mol. The molecule has 1 atom stereocenters. The van der Waals surface area contributed by atoms with Crippen LogP contribution in [0.5, 0.6) is 0 Å². The number of carbonyl (C=O) groups is 1. The molecule has 126 valence electrons. The second kappa shape index (κ2) is 9.07. The lowest BCUT2D eigenvalue weighted by Gasteiger charge is -2.25. The predicted octanol–water partition coefficient (Wildman–Crippen LogP) is 5.98. The molecule has 23 heavy (non-hydrogen) atoms. The predicted molar refractivity (Wildman–Crippen MR) is 99.0 cm³/mol. The van der Waals surface area contributed by atoms with Crippen LogP contribution in [0.15, 0.2) is 30.3 Å². The summed E-state index contributed by atoms with van der Waals surface area (Å²) in [5, 5.41) is 1.21. The van der Waals surface area contributed by atoms with Gasteiger partial charge >= 0.3 is 5.97 Å². The molecular weight excluding hydrogens is 304 g/mol. The van der Waals surface area contributed by atoms with Gasteiger partial charge in [0.1, 0.15) is 6.10 Å². The average Bonchev–Trinajstić information content (AvgIpc) is 2.94. The topological polar surface area (TPSA) is 26.3 Å². The van der Waals surface area contributed by atoms with E-state index in [-0.39, 0.29) is 12.1 Å². The summed E-state index contributed by atoms with van der Waals surface area (Å²) in [5.74, 6) is 0.418. The van der Waals surface area contributed by atoms with Crippen molar-refractivity contribution in [3.05, 3.63) is 35.2 Å². The van der Waals surface area contributed by atoms with E-state index >= 15 is 0 Å². The van der Waals surface area contributed by atoms with Gasteiger partial charge in [-0.2, -0.15) is 0 Å². The van der Waals surface area contributed by atoms with Crippen molar-refractivity contribution in [3.8, 4) is 0 Å². The van der Waals surface area contributed by atoms with Crippen molar-refractivity contribution in [3.63, 3.8) is 0 Å². The first-order chi connectivity index (χ1) is 11.2. The van der Waals surface area contributed by atoms with Crippen LogP contribution in [0.4, 0.5) is 0 Å². The molecule has 0 unspecified atom stereocenters. The molecule has 2 rings (SSSR count). The molecule has 0 N–H and O–H groups in total. The van der Waals surface area contributed by atoms with Gasteiger partial charge in [-0.1, -0.05) is 51.8 Å². The first-order valence-electron chi connectivity index (χ1n) is 8.84. The minimum absolute atomic E-state index is 0.0665. The van der Waals surface area contributed by atoms with Crippen LogP contribution in [0, 0.1) is 5.92 Å². The molecule has 0 spiro atoms. The highest BCUT2D eigenvalue weighted by atomic mass is 32.1. The molecule has 2 nitrogen and oxygen atoms in total. The first-order valence-corrected chi connectivity index (χ1v) is 9.66. The van der Waals surface area contributed by atoms with Gasteiger partial charge in [0.2, 0.25) is 0 Å². The maximum absolute atomic E-state index is 12.4. The summed E-state index contributed by atoms with van der Waals surface area (Å²) in [4.78, 5) is 13.4. The maximum Gasteiger partial charge on any atom is 0.311 e. The van der Waals surface area contributed by atoms with E-state index in [9.17, 15) is 4.79 Å². The summed E-state index contributed by atoms with van der Waals surface area (Å²) in [5.41, 5.74) is 0. The molecule has 0 aliphatic heterocycles. The Hall–Kier alpha value is -1.35. The van der Waals surface area contributed by atoms with Gasteiger partial charge in [0.05, 0.1) is 6.42 Å². The molecule has 2 aromatic rings. The van der Waals surface area contributed by atoms with E-state index in [0.29, 0.717) is 12.3 Å². The Kier molecular flexibility index (Phi) is 7.10. The van der Waals surface area contributed by atoms with Crippen molar-refractivity contribution in [2.75, 3.05) is 0 Å². The Morgan fingerprint density at radius 1 is 1.13 bits per heavy atom. The van der Waals surface area contributed by atoms with Crippen LogP contribution in [-0.4, -0.2) is 12.1 Å². The Balaban J connectivity index is 1.98. The fraction of sp³-hybridized carbons (Fsp3) is 0.550. The van der Waals surface area contributed by atoms with Crippen LogP contribution in [0.2, 0.25) is 0 Å². The number of esters is 1. The summed E-state index contributed by atoms with van der Waals surface area (Å²) in [6.07, 6.45) is 5.94. The number of hydrogen-bond donors (Lipinski definition) is 0. The molecular formula is C20H28O2S. The molecule has 0 aliphatic carbocycles. The maximum atomic E-state index is 12.4. The van der Waals surface area contributed by atoms with Crippen LogP contribution in [0.25, 0.3) is 10.1 Å². The van der Waals surface area contributed by atoms with E-state index in [1.54, 1.807) is 11.3 Å². The monoisotopic (exact) mass is 332 g/mol. The van der Waals surface area contributed by atoms with Crippen LogP contribution in [-0.2, 0) is 16.0 Å². The van der Waals surface area contributed by atoms with Crippen LogP contribution in [0.3, 0.4) is 0 Å². The summed E-state index contributed by atoms with van der Waals surface area (Å²) in [7, 11) is 0. The molecule has 3 heteroatoms. The normalized spacial score (nSPS) is 12.7. The van der Waals surface area contributed by atoms with Gasteiger partial charge in [0, 0.05) is 9.58 Å². The van der Waals surface area contributed by atoms with E-state index in [4.69, 9.17) is 4.74 Å². The van der Waals surface area contributed by atoms with Gasteiger partial charge in [0.25, 0.3) is 0 Å². The van der Waals surface area contributed by atoms with Gasteiger partial charge < -0.3 is 4.74 Å². The zero-order valence-electron chi connectivity index (χ0n) is 14.5. The van der Waals surface area contributed by atoms with Crippen molar-refractivity contribution >= 4 is 27.4 Å². The third-order valence-corrected chi connectivity index (χ3v) is 5.44. The van der Waals surface area contributed by atoms with Crippen LogP contribution in [0.1, 0.15) is 57.8 Å². The van der Waals surface area contributed by atoms with Gasteiger partial charge in [0.15, 0.2) is 0 Å². The Bertz CT molecular complexity index is 578. The second-order valence-electron chi connectivity index (χ2n) is 6.20. The number of ether oxygens (including phenoxy) is 1. The highest BCUT2D eigenvalue weighted by molar-refractivity contribution is 7.19. The Morgan fingerprint density at radius 2 is 1.83 bits per heavy atom. The van der Waals surface area contributed by atoms with E-state index in [1.807, 2.05) is 12.1 Å². The van der Waals surface area contributed by atoms with Gasteiger partial charge in [-0.05, 0) is 42.7 Å². The zero-order chi connectivity index (χ0) is 16.7. The SMILES string of the molecule is CCCC(CCC)[C@H](CC)OC(=O)Cc1cc2ccccc2s1. The standard InChI is InChI=1S/C20H28O2S/c1-4-9-15(10-5-2)18(6-3)22-20(21)14-17-13-16-11-7-8-12-19(16)23-17/h7-8,11-13,15,18H,4-6,9-10,14H2,1-3H3/t18-/m0/s1. The summed E-state index contributed by atoms with van der Waals surface area (Å²) in [6, 6.07) is 10.4. The lowest BCUT2D eigenvalue weighted by molar-refractivity contribution is -0.151. The molecule has 1 heterocycles. The van der Waals surface area contributed by atoms with Crippen molar-refractivity contribution in [2.24, 2.45) is 5.92 Å². The molecule has 0 radical (unpaired) electrons. The highest BCUT2D eigenvalue weighted by Gasteiger charge is 2.22. The number of fused-ring (bicyclic) bond motifs is 1. The number of rotatable bonds is 9. The minimum Gasteiger partial charge on any atom is -0.462 e. The molecule has 0 saturated carbocycles. The molecule has 1 aromatic heterocycles. The molecule has 0 fully saturated rings. The van der Waals surface area contributed by atoms with Crippen molar-refractivity contribution < 1.29 is 9.53 Å². The largest absolute Gasteiger partial charge is 0.462 e. The molecule has 0 aliphatic rings. The quantitative estimate of drug-likeness (QED) is 0.528. The van der Waals surface area contributed by atoms with Gasteiger partial charge in [-0.15, -0.1) is 11.3 Å². The lowest BCUT2D eigenvalue weighted by atomic mass is 9.91. The fourth-order valence-corrected chi connectivity index (χ4v) is 4.30. The van der Waals surface area contributed by atoms with Crippen molar-refractivity contribution in [2.45, 2.75) is 65.4 Å². The van der Waals surface area contributed by atoms with Crippen LogP contribution >= 0.6 is 11.3 Å². The molecule has 0 amide bonds. The van der Waals surface area contributed by atoms with E-state index in [1.165, 1.54) is 10.1 Å². The third kappa shape index (κ3) is 5.07. The minimum atomic E-state index is -0.0828. The number of benzene rings is 1. The highest BCUT2D eigenvalue weighted by Crippen LogP contribution is 2.27. The molecule has 0 saturated heterocycles. The van der Waals surface area contributed by atoms with Crippen LogP contribution < -0.4 is 0 Å². The van der Waals surface area contributed by atoms with Crippen molar-refractivity contribution in [1.29, 1.82) is 0 Å².